The first-order valence-corrected chi connectivity index (χ1v) is 15.9. The number of benzene rings is 3. The number of amides is 1. The summed E-state index contributed by atoms with van der Waals surface area (Å²) in [6.07, 6.45) is 7.08. The predicted octanol–water partition coefficient (Wildman–Crippen LogP) is 7.22. The molecular weight excluding hydrogens is 604 g/mol. The molecule has 5 aromatic rings. The number of aryl methyl sites for hydroxylation is 1. The van der Waals surface area contributed by atoms with Crippen LogP contribution in [0, 0.1) is 12.3 Å². The quantitative estimate of drug-likeness (QED) is 0.174. The Morgan fingerprint density at radius 3 is 2.21 bits per heavy atom. The summed E-state index contributed by atoms with van der Waals surface area (Å²) >= 11 is 0. The number of rotatable bonds is 9. The highest BCUT2D eigenvalue weighted by Crippen LogP contribution is 2.35. The Kier molecular flexibility index (Phi) is 9.32. The minimum atomic E-state index is -0.468. The molecule has 48 heavy (non-hydrogen) atoms. The van der Waals surface area contributed by atoms with Crippen LogP contribution in [-0.4, -0.2) is 42.9 Å². The fourth-order valence-corrected chi connectivity index (χ4v) is 6.10. The number of hydrogen-bond acceptors (Lipinski definition) is 7. The number of carbonyl (C=O) groups excluding carboxylic acids is 1. The normalized spacial score (nSPS) is 13.9. The van der Waals surface area contributed by atoms with Gasteiger partial charge in [0.15, 0.2) is 11.5 Å². The second-order valence-electron chi connectivity index (χ2n) is 12.6. The third-order valence-corrected chi connectivity index (χ3v) is 9.04. The zero-order valence-corrected chi connectivity index (χ0v) is 27.7. The van der Waals surface area contributed by atoms with E-state index in [1.807, 2.05) is 78.4 Å². The van der Waals surface area contributed by atoms with Gasteiger partial charge in [0.1, 0.15) is 11.4 Å². The third-order valence-electron chi connectivity index (χ3n) is 9.04. The molecule has 0 atom stereocenters. The zero-order chi connectivity index (χ0) is 33.8. The van der Waals surface area contributed by atoms with Crippen LogP contribution in [0.4, 0.5) is 11.5 Å². The molecule has 9 nitrogen and oxygen atoms in total. The standard InChI is InChI=1S/C39H40N4O5/c1-25-5-7-27(8-6-25)32-22-43(24-39(2)15-17-48-18-16-39)23-33(36(32)44)38(45)42-30-12-9-26(10-13-30)31-19-29(21-41-37(31)40)28-11-14-34(46-3)35(20-28)47-4/h5-14,19-23H,15-18,24H2,1-4H3,(H2,40,41)(H,42,45). The van der Waals surface area contributed by atoms with E-state index < -0.39 is 5.91 Å². The predicted molar refractivity (Wildman–Crippen MR) is 190 cm³/mol. The Morgan fingerprint density at radius 2 is 1.52 bits per heavy atom. The molecule has 0 unspecified atom stereocenters. The molecule has 2 aromatic heterocycles. The molecule has 3 aromatic carbocycles. The van der Waals surface area contributed by atoms with E-state index in [0.29, 0.717) is 48.3 Å². The molecule has 0 radical (unpaired) electrons. The highest BCUT2D eigenvalue weighted by Gasteiger charge is 2.28. The van der Waals surface area contributed by atoms with Gasteiger partial charge in [0, 0.05) is 60.7 Å². The Morgan fingerprint density at radius 1 is 0.875 bits per heavy atom. The zero-order valence-electron chi connectivity index (χ0n) is 27.7. The summed E-state index contributed by atoms with van der Waals surface area (Å²) in [6, 6.07) is 22.8. The van der Waals surface area contributed by atoms with Crippen molar-refractivity contribution in [1.29, 1.82) is 0 Å². The minimum absolute atomic E-state index is 0.00507. The van der Waals surface area contributed by atoms with Crippen molar-refractivity contribution in [2.45, 2.75) is 33.2 Å². The van der Waals surface area contributed by atoms with Crippen LogP contribution < -0.4 is 26.0 Å². The van der Waals surface area contributed by atoms with Gasteiger partial charge in [-0.05, 0) is 72.2 Å². The number of aromatic nitrogens is 2. The molecule has 1 aliphatic rings. The van der Waals surface area contributed by atoms with E-state index in [4.69, 9.17) is 19.9 Å². The van der Waals surface area contributed by atoms with Gasteiger partial charge in [-0.25, -0.2) is 4.98 Å². The molecule has 3 heterocycles. The summed E-state index contributed by atoms with van der Waals surface area (Å²) < 4.78 is 18.4. The third kappa shape index (κ3) is 6.96. The van der Waals surface area contributed by atoms with Crippen LogP contribution in [0.3, 0.4) is 0 Å². The lowest BCUT2D eigenvalue weighted by Crippen LogP contribution is -2.32. The Hall–Kier alpha value is -5.41. The number of nitrogens with one attached hydrogen (secondary N) is 1. The molecule has 0 saturated carbocycles. The van der Waals surface area contributed by atoms with Crippen LogP contribution in [0.1, 0.15) is 35.7 Å². The summed E-state index contributed by atoms with van der Waals surface area (Å²) in [4.78, 5) is 31.9. The van der Waals surface area contributed by atoms with Gasteiger partial charge in [-0.1, -0.05) is 55.0 Å². The number of nitrogens with zero attached hydrogens (tertiary/aromatic N) is 2. The number of anilines is 2. The van der Waals surface area contributed by atoms with Crippen molar-refractivity contribution in [1.82, 2.24) is 9.55 Å². The maximum Gasteiger partial charge on any atom is 0.261 e. The molecule has 1 saturated heterocycles. The van der Waals surface area contributed by atoms with Crippen LogP contribution >= 0.6 is 0 Å². The first-order chi connectivity index (χ1) is 23.2. The first-order valence-electron chi connectivity index (χ1n) is 15.9. The summed E-state index contributed by atoms with van der Waals surface area (Å²) in [5.74, 6) is 1.16. The Labute approximate surface area is 280 Å². The molecule has 1 fully saturated rings. The lowest BCUT2D eigenvalue weighted by Gasteiger charge is -2.34. The van der Waals surface area contributed by atoms with E-state index in [1.54, 1.807) is 38.7 Å². The molecule has 9 heteroatoms. The van der Waals surface area contributed by atoms with Crippen molar-refractivity contribution in [3.63, 3.8) is 0 Å². The Balaban J connectivity index is 1.28. The molecular formula is C39H40N4O5. The summed E-state index contributed by atoms with van der Waals surface area (Å²) in [6.45, 7) is 6.30. The molecule has 6 rings (SSSR count). The fraction of sp³-hybridized carbons (Fsp3) is 0.256. The van der Waals surface area contributed by atoms with Crippen molar-refractivity contribution >= 4 is 17.4 Å². The maximum atomic E-state index is 13.8. The molecule has 1 amide bonds. The first kappa shape index (κ1) is 32.5. The van der Waals surface area contributed by atoms with E-state index in [2.05, 4.69) is 17.2 Å². The minimum Gasteiger partial charge on any atom is -0.493 e. The van der Waals surface area contributed by atoms with Gasteiger partial charge in [-0.2, -0.15) is 0 Å². The summed E-state index contributed by atoms with van der Waals surface area (Å²) in [7, 11) is 3.19. The van der Waals surface area contributed by atoms with E-state index in [9.17, 15) is 9.59 Å². The van der Waals surface area contributed by atoms with E-state index in [1.165, 1.54) is 0 Å². The van der Waals surface area contributed by atoms with Crippen molar-refractivity contribution in [3.05, 3.63) is 113 Å². The van der Waals surface area contributed by atoms with Crippen molar-refractivity contribution < 1.29 is 19.0 Å². The number of ether oxygens (including phenoxy) is 3. The molecule has 1 aliphatic heterocycles. The molecule has 246 valence electrons. The number of methoxy groups -OCH3 is 2. The Bertz CT molecular complexity index is 2000. The van der Waals surface area contributed by atoms with E-state index >= 15 is 0 Å². The molecule has 0 aliphatic carbocycles. The van der Waals surface area contributed by atoms with Gasteiger partial charge in [-0.15, -0.1) is 0 Å². The SMILES string of the molecule is COc1ccc(-c2cnc(N)c(-c3ccc(NC(=O)c4cn(CC5(C)CCOCC5)cc(-c5ccc(C)cc5)c4=O)cc3)c2)cc1OC. The van der Waals surface area contributed by atoms with Crippen molar-refractivity contribution in [3.8, 4) is 44.9 Å². The van der Waals surface area contributed by atoms with Crippen molar-refractivity contribution in [2.24, 2.45) is 5.41 Å². The largest absolute Gasteiger partial charge is 0.493 e. The monoisotopic (exact) mass is 644 g/mol. The van der Waals surface area contributed by atoms with Gasteiger partial charge in [0.2, 0.25) is 5.43 Å². The second kappa shape index (κ2) is 13.8. The average molecular weight is 645 g/mol. The molecule has 3 N–H and O–H groups in total. The highest BCUT2D eigenvalue weighted by molar-refractivity contribution is 6.04. The van der Waals surface area contributed by atoms with Crippen molar-refractivity contribution in [2.75, 3.05) is 38.5 Å². The average Bonchev–Trinajstić information content (AvgIpc) is 3.10. The van der Waals surface area contributed by atoms with E-state index in [0.717, 1.165) is 46.2 Å². The van der Waals surface area contributed by atoms with Gasteiger partial charge in [0.05, 0.1) is 14.2 Å². The maximum absolute atomic E-state index is 13.8. The summed E-state index contributed by atoms with van der Waals surface area (Å²) in [5.41, 5.74) is 12.3. The summed E-state index contributed by atoms with van der Waals surface area (Å²) in [5, 5.41) is 2.94. The van der Waals surface area contributed by atoms with Gasteiger partial charge in [-0.3, -0.25) is 9.59 Å². The number of hydrogen-bond donors (Lipinski definition) is 2. The second-order valence-corrected chi connectivity index (χ2v) is 12.6. The number of pyridine rings is 2. The van der Waals surface area contributed by atoms with Crippen LogP contribution in [0.25, 0.3) is 33.4 Å². The topological polar surface area (TPSA) is 118 Å². The van der Waals surface area contributed by atoms with Gasteiger partial charge < -0.3 is 29.8 Å². The van der Waals surface area contributed by atoms with Gasteiger partial charge in [0.25, 0.3) is 5.91 Å². The number of nitrogens with two attached hydrogens (primary N) is 1. The number of carbonyl (C=O) groups is 1. The van der Waals surface area contributed by atoms with Crippen LogP contribution in [0.15, 0.2) is 96.2 Å². The van der Waals surface area contributed by atoms with Crippen LogP contribution in [0.2, 0.25) is 0 Å². The van der Waals surface area contributed by atoms with Gasteiger partial charge >= 0.3 is 0 Å². The lowest BCUT2D eigenvalue weighted by atomic mass is 9.82. The van der Waals surface area contributed by atoms with E-state index in [-0.39, 0.29) is 16.4 Å². The molecule has 0 spiro atoms. The fourth-order valence-electron chi connectivity index (χ4n) is 6.10. The molecule has 0 bridgehead atoms. The van der Waals surface area contributed by atoms with Crippen LogP contribution in [-0.2, 0) is 11.3 Å². The number of nitrogen functional groups attached to an aromatic ring is 1. The van der Waals surface area contributed by atoms with Crippen LogP contribution in [0.5, 0.6) is 11.5 Å². The smallest absolute Gasteiger partial charge is 0.261 e. The lowest BCUT2D eigenvalue weighted by molar-refractivity contribution is 0.0154. The highest BCUT2D eigenvalue weighted by atomic mass is 16.5.